The molecule has 0 amide bonds. The van der Waals surface area contributed by atoms with Gasteiger partial charge in [0.15, 0.2) is 0 Å². The van der Waals surface area contributed by atoms with E-state index in [9.17, 15) is 0 Å². The van der Waals surface area contributed by atoms with Crippen LogP contribution in [0.4, 0.5) is 0 Å². The lowest BCUT2D eigenvalue weighted by molar-refractivity contribution is 0.302. The van der Waals surface area contributed by atoms with Gasteiger partial charge in [0.05, 0.1) is 41.3 Å². The number of hydrogen-bond acceptors (Lipinski definition) is 5. The predicted molar refractivity (Wildman–Crippen MR) is 184 cm³/mol. The molecule has 5 aromatic rings. The Morgan fingerprint density at radius 2 is 1.20 bits per heavy atom. The number of aromatic amines is 1. The van der Waals surface area contributed by atoms with E-state index >= 15 is 0 Å². The van der Waals surface area contributed by atoms with E-state index < -0.39 is 0 Å². The van der Waals surface area contributed by atoms with E-state index in [1.165, 1.54) is 96.3 Å². The third kappa shape index (κ3) is 8.28. The number of ether oxygens (including phenoxy) is 2. The van der Waals surface area contributed by atoms with Crippen molar-refractivity contribution in [1.82, 2.24) is 19.9 Å². The molecular formula is C38H50N4O2. The van der Waals surface area contributed by atoms with E-state index in [-0.39, 0.29) is 0 Å². The summed E-state index contributed by atoms with van der Waals surface area (Å²) in [5.41, 5.74) is 4.46. The number of fused-ring (bicyclic) bond motifs is 6. The molecule has 2 aromatic carbocycles. The summed E-state index contributed by atoms with van der Waals surface area (Å²) in [6.45, 7) is 3.01. The summed E-state index contributed by atoms with van der Waals surface area (Å²) in [5, 5.41) is 1.99. The molecule has 3 heterocycles. The van der Waals surface area contributed by atoms with Crippen molar-refractivity contribution in [2.24, 2.45) is 0 Å². The van der Waals surface area contributed by atoms with E-state index in [0.29, 0.717) is 0 Å². The van der Waals surface area contributed by atoms with E-state index in [4.69, 9.17) is 14.5 Å². The van der Waals surface area contributed by atoms with Crippen molar-refractivity contribution in [3.05, 3.63) is 54.9 Å². The SMILES string of the molecule is CCCCCCCCCCCCCCCCCCOc1ccc(-c2nc3c4cccnc4c4ncccc4c3[nH]2)c(OC)c1. The topological polar surface area (TPSA) is 72.9 Å². The molecule has 0 aliphatic rings. The van der Waals surface area contributed by atoms with Gasteiger partial charge in [-0.3, -0.25) is 9.97 Å². The van der Waals surface area contributed by atoms with Crippen LogP contribution in [0.2, 0.25) is 0 Å². The van der Waals surface area contributed by atoms with Crippen molar-refractivity contribution in [2.75, 3.05) is 13.7 Å². The van der Waals surface area contributed by atoms with Gasteiger partial charge in [-0.15, -0.1) is 0 Å². The normalized spacial score (nSPS) is 11.6. The maximum absolute atomic E-state index is 6.11. The van der Waals surface area contributed by atoms with Crippen LogP contribution in [0.1, 0.15) is 110 Å². The van der Waals surface area contributed by atoms with Gasteiger partial charge in [-0.05, 0) is 42.8 Å². The third-order valence-electron chi connectivity index (χ3n) is 8.76. The van der Waals surface area contributed by atoms with E-state index in [1.54, 1.807) is 19.5 Å². The first-order valence-corrected chi connectivity index (χ1v) is 17.1. The van der Waals surface area contributed by atoms with Gasteiger partial charge in [-0.2, -0.15) is 0 Å². The standard InChI is InChI=1S/C38H50N4O2/c1-3-4-5-6-7-8-9-10-11-12-13-14-15-16-17-18-27-44-29-23-24-30(33(28-29)43-2)38-41-36-31-21-19-25-39-34(31)35-32(37(36)42-38)22-20-26-40-35/h19-26,28H,3-18,27H2,1-2H3,(H,41,42). The Hall–Kier alpha value is -3.67. The van der Waals surface area contributed by atoms with Crippen molar-refractivity contribution in [3.8, 4) is 22.9 Å². The van der Waals surface area contributed by atoms with Crippen LogP contribution >= 0.6 is 0 Å². The van der Waals surface area contributed by atoms with Crippen molar-refractivity contribution >= 4 is 32.8 Å². The van der Waals surface area contributed by atoms with Crippen molar-refractivity contribution in [1.29, 1.82) is 0 Å². The summed E-state index contributed by atoms with van der Waals surface area (Å²) in [6, 6.07) is 14.0. The van der Waals surface area contributed by atoms with E-state index in [0.717, 1.165) is 68.8 Å². The van der Waals surface area contributed by atoms with E-state index in [2.05, 4.69) is 34.0 Å². The quantitative estimate of drug-likeness (QED) is 0.0717. The Morgan fingerprint density at radius 1 is 0.636 bits per heavy atom. The molecule has 0 radical (unpaired) electrons. The van der Waals surface area contributed by atoms with Crippen molar-refractivity contribution in [3.63, 3.8) is 0 Å². The second-order valence-corrected chi connectivity index (χ2v) is 12.1. The van der Waals surface area contributed by atoms with E-state index in [1.807, 2.05) is 30.3 Å². The molecular weight excluding hydrogens is 544 g/mol. The summed E-state index contributed by atoms with van der Waals surface area (Å²) in [4.78, 5) is 17.8. The van der Waals surface area contributed by atoms with Crippen molar-refractivity contribution in [2.45, 2.75) is 110 Å². The fourth-order valence-corrected chi connectivity index (χ4v) is 6.27. The van der Waals surface area contributed by atoms with Gasteiger partial charge in [-0.1, -0.05) is 103 Å². The molecule has 0 unspecified atom stereocenters. The number of unbranched alkanes of at least 4 members (excludes halogenated alkanes) is 15. The number of nitrogens with zero attached hydrogens (tertiary/aromatic N) is 3. The molecule has 44 heavy (non-hydrogen) atoms. The fourth-order valence-electron chi connectivity index (χ4n) is 6.27. The molecule has 0 atom stereocenters. The van der Waals surface area contributed by atoms with Gasteiger partial charge in [0.25, 0.3) is 0 Å². The summed E-state index contributed by atoms with van der Waals surface area (Å²) in [7, 11) is 1.69. The second-order valence-electron chi connectivity index (χ2n) is 12.1. The zero-order chi connectivity index (χ0) is 30.4. The smallest absolute Gasteiger partial charge is 0.142 e. The van der Waals surface area contributed by atoms with Gasteiger partial charge in [0.1, 0.15) is 17.3 Å². The number of pyridine rings is 2. The van der Waals surface area contributed by atoms with Crippen LogP contribution in [0.15, 0.2) is 54.9 Å². The van der Waals surface area contributed by atoms with Crippen LogP contribution in [0.5, 0.6) is 11.5 Å². The highest BCUT2D eigenvalue weighted by molar-refractivity contribution is 6.21. The van der Waals surface area contributed by atoms with Gasteiger partial charge in [-0.25, -0.2) is 4.98 Å². The maximum Gasteiger partial charge on any atom is 0.142 e. The Balaban J connectivity index is 1.04. The predicted octanol–water partition coefficient (Wildman–Crippen LogP) is 11.0. The Morgan fingerprint density at radius 3 is 1.82 bits per heavy atom. The van der Waals surface area contributed by atoms with Crippen LogP contribution in [-0.4, -0.2) is 33.7 Å². The van der Waals surface area contributed by atoms with Crippen LogP contribution in [0, 0.1) is 0 Å². The largest absolute Gasteiger partial charge is 0.496 e. The number of imidazole rings is 1. The van der Waals surface area contributed by atoms with Crippen LogP contribution < -0.4 is 9.47 Å². The molecule has 0 aliphatic heterocycles. The minimum Gasteiger partial charge on any atom is -0.496 e. The van der Waals surface area contributed by atoms with Crippen LogP contribution in [0.25, 0.3) is 44.2 Å². The molecule has 0 spiro atoms. The Labute approximate surface area is 263 Å². The molecule has 0 fully saturated rings. The zero-order valence-electron chi connectivity index (χ0n) is 26.9. The maximum atomic E-state index is 6.11. The highest BCUT2D eigenvalue weighted by Crippen LogP contribution is 2.37. The highest BCUT2D eigenvalue weighted by Gasteiger charge is 2.17. The Bertz CT molecular complexity index is 1520. The first kappa shape index (κ1) is 31.7. The monoisotopic (exact) mass is 594 g/mol. The fraction of sp³-hybridized carbons (Fsp3) is 0.500. The van der Waals surface area contributed by atoms with Crippen LogP contribution in [0.3, 0.4) is 0 Å². The minimum absolute atomic E-state index is 0.726. The number of hydrogen-bond donors (Lipinski definition) is 1. The van der Waals surface area contributed by atoms with Gasteiger partial charge in [0, 0.05) is 29.2 Å². The van der Waals surface area contributed by atoms with Gasteiger partial charge < -0.3 is 14.5 Å². The highest BCUT2D eigenvalue weighted by atomic mass is 16.5. The molecule has 234 valence electrons. The van der Waals surface area contributed by atoms with Crippen molar-refractivity contribution < 1.29 is 9.47 Å². The van der Waals surface area contributed by atoms with Crippen LogP contribution in [-0.2, 0) is 0 Å². The third-order valence-corrected chi connectivity index (χ3v) is 8.76. The summed E-state index contributed by atoms with van der Waals surface area (Å²) < 4.78 is 11.9. The average molecular weight is 595 g/mol. The average Bonchev–Trinajstić information content (AvgIpc) is 3.52. The Kier molecular flexibility index (Phi) is 12.3. The number of methoxy groups -OCH3 is 1. The zero-order valence-corrected chi connectivity index (χ0v) is 26.9. The lowest BCUT2D eigenvalue weighted by atomic mass is 10.0. The molecule has 1 N–H and O–H groups in total. The molecule has 6 nitrogen and oxygen atoms in total. The molecule has 0 saturated carbocycles. The molecule has 3 aromatic heterocycles. The first-order valence-electron chi connectivity index (χ1n) is 17.1. The second kappa shape index (κ2) is 17.0. The summed E-state index contributed by atoms with van der Waals surface area (Å²) in [5.74, 6) is 2.31. The number of nitrogens with one attached hydrogen (secondary N) is 1. The number of aromatic nitrogens is 4. The first-order chi connectivity index (χ1) is 21.8. The van der Waals surface area contributed by atoms with Gasteiger partial charge in [0.2, 0.25) is 0 Å². The minimum atomic E-state index is 0.726. The number of rotatable bonds is 20. The molecule has 0 aliphatic carbocycles. The number of H-pyrrole nitrogens is 1. The molecule has 0 bridgehead atoms. The molecule has 5 rings (SSSR count). The summed E-state index contributed by atoms with van der Waals surface area (Å²) in [6.07, 6.45) is 25.5. The molecule has 6 heteroatoms. The lowest BCUT2D eigenvalue weighted by Crippen LogP contribution is -1.98. The summed E-state index contributed by atoms with van der Waals surface area (Å²) >= 11 is 0. The number of benzene rings is 2. The molecule has 0 saturated heterocycles. The lowest BCUT2D eigenvalue weighted by Gasteiger charge is -2.11. The van der Waals surface area contributed by atoms with Gasteiger partial charge >= 0.3 is 0 Å².